The Kier molecular flexibility index (Phi) is 2.11. The highest BCUT2D eigenvalue weighted by molar-refractivity contribution is 6.03. The molecule has 4 heteroatoms. The first kappa shape index (κ1) is 10.2. The van der Waals surface area contributed by atoms with E-state index in [9.17, 15) is 4.79 Å². The van der Waals surface area contributed by atoms with Crippen LogP contribution in [0.25, 0.3) is 10.9 Å². The number of aromatic nitrogens is 1. The van der Waals surface area contributed by atoms with Gasteiger partial charge >= 0.3 is 5.97 Å². The van der Waals surface area contributed by atoms with Crippen LogP contribution in [0.15, 0.2) is 18.2 Å². The first-order chi connectivity index (χ1) is 8.22. The normalized spacial score (nSPS) is 15.1. The standard InChI is InChI=1S/C13H14N2O2/c1-17-13(16)12-10(7-5-6-7)11-8(14)3-2-4-9(11)15-12/h2-4,7,15H,5-6,14H2,1H3. The van der Waals surface area contributed by atoms with E-state index >= 15 is 0 Å². The molecule has 2 aromatic rings. The lowest BCUT2D eigenvalue weighted by molar-refractivity contribution is 0.0594. The van der Waals surface area contributed by atoms with Gasteiger partial charge in [-0.2, -0.15) is 0 Å². The summed E-state index contributed by atoms with van der Waals surface area (Å²) in [6.45, 7) is 0. The van der Waals surface area contributed by atoms with Crippen molar-refractivity contribution in [2.75, 3.05) is 12.8 Å². The molecule has 0 bridgehead atoms. The van der Waals surface area contributed by atoms with Crippen molar-refractivity contribution in [1.82, 2.24) is 4.98 Å². The molecular weight excluding hydrogens is 216 g/mol. The van der Waals surface area contributed by atoms with E-state index in [1.54, 1.807) is 0 Å². The van der Waals surface area contributed by atoms with E-state index in [1.807, 2.05) is 18.2 Å². The number of ether oxygens (including phenoxy) is 1. The van der Waals surface area contributed by atoms with Gasteiger partial charge in [-0.3, -0.25) is 0 Å². The van der Waals surface area contributed by atoms with Gasteiger partial charge in [0.15, 0.2) is 0 Å². The number of nitrogen functional groups attached to an aromatic ring is 1. The molecule has 0 amide bonds. The maximum Gasteiger partial charge on any atom is 0.354 e. The lowest BCUT2D eigenvalue weighted by Gasteiger charge is -2.02. The smallest absolute Gasteiger partial charge is 0.354 e. The maximum atomic E-state index is 11.8. The van der Waals surface area contributed by atoms with Gasteiger partial charge in [0.1, 0.15) is 5.69 Å². The van der Waals surface area contributed by atoms with Crippen molar-refractivity contribution in [3.8, 4) is 0 Å². The molecule has 17 heavy (non-hydrogen) atoms. The van der Waals surface area contributed by atoms with Crippen molar-refractivity contribution >= 4 is 22.6 Å². The minimum absolute atomic E-state index is 0.317. The van der Waals surface area contributed by atoms with Crippen LogP contribution >= 0.6 is 0 Å². The first-order valence-electron chi connectivity index (χ1n) is 5.70. The quantitative estimate of drug-likeness (QED) is 0.615. The SMILES string of the molecule is COC(=O)c1[nH]c2cccc(N)c2c1C1CC1. The highest BCUT2D eigenvalue weighted by atomic mass is 16.5. The van der Waals surface area contributed by atoms with Crippen LogP contribution in [0.5, 0.6) is 0 Å². The zero-order chi connectivity index (χ0) is 12.0. The molecule has 3 N–H and O–H groups in total. The van der Waals surface area contributed by atoms with E-state index in [0.29, 0.717) is 11.6 Å². The van der Waals surface area contributed by atoms with Gasteiger partial charge in [-0.25, -0.2) is 4.79 Å². The number of carbonyl (C=O) groups is 1. The first-order valence-corrected chi connectivity index (χ1v) is 5.70. The number of H-pyrrole nitrogens is 1. The van der Waals surface area contributed by atoms with Crippen molar-refractivity contribution in [2.45, 2.75) is 18.8 Å². The molecule has 3 rings (SSSR count). The predicted octanol–water partition coefficient (Wildman–Crippen LogP) is 2.41. The van der Waals surface area contributed by atoms with Crippen molar-refractivity contribution in [1.29, 1.82) is 0 Å². The topological polar surface area (TPSA) is 68.1 Å². The summed E-state index contributed by atoms with van der Waals surface area (Å²) in [7, 11) is 1.40. The molecule has 1 aromatic carbocycles. The molecule has 1 aromatic heterocycles. The number of fused-ring (bicyclic) bond motifs is 1. The van der Waals surface area contributed by atoms with Crippen LogP contribution in [0.1, 0.15) is 34.8 Å². The van der Waals surface area contributed by atoms with Crippen molar-refractivity contribution in [3.05, 3.63) is 29.5 Å². The van der Waals surface area contributed by atoms with E-state index in [2.05, 4.69) is 4.98 Å². The Morgan fingerprint density at radius 3 is 2.88 bits per heavy atom. The van der Waals surface area contributed by atoms with Crippen LogP contribution in [-0.2, 0) is 4.74 Å². The molecule has 0 saturated heterocycles. The molecular formula is C13H14N2O2. The molecule has 0 spiro atoms. The maximum absolute atomic E-state index is 11.8. The monoisotopic (exact) mass is 230 g/mol. The van der Waals surface area contributed by atoms with E-state index in [-0.39, 0.29) is 5.97 Å². The fourth-order valence-electron chi connectivity index (χ4n) is 2.35. The van der Waals surface area contributed by atoms with E-state index in [0.717, 1.165) is 35.0 Å². The van der Waals surface area contributed by atoms with Gasteiger partial charge in [0.05, 0.1) is 7.11 Å². The number of nitrogens with two attached hydrogens (primary N) is 1. The summed E-state index contributed by atoms with van der Waals surface area (Å²) < 4.78 is 4.81. The molecule has 1 saturated carbocycles. The van der Waals surface area contributed by atoms with Gasteiger partial charge in [0, 0.05) is 16.6 Å². The Labute approximate surface area is 98.8 Å². The molecule has 88 valence electrons. The van der Waals surface area contributed by atoms with E-state index < -0.39 is 0 Å². The molecule has 1 fully saturated rings. The van der Waals surface area contributed by atoms with Gasteiger partial charge in [-0.05, 0) is 36.5 Å². The second kappa shape index (κ2) is 3.52. The summed E-state index contributed by atoms with van der Waals surface area (Å²) in [5, 5.41) is 0.982. The summed E-state index contributed by atoms with van der Waals surface area (Å²) in [5.41, 5.74) is 9.22. The Balaban J connectivity index is 2.31. The number of carbonyl (C=O) groups excluding carboxylic acids is 1. The molecule has 4 nitrogen and oxygen atoms in total. The Morgan fingerprint density at radius 2 is 2.24 bits per heavy atom. The third-order valence-electron chi connectivity index (χ3n) is 3.27. The third kappa shape index (κ3) is 1.48. The highest BCUT2D eigenvalue weighted by Crippen LogP contribution is 2.46. The molecule has 1 aliphatic carbocycles. The number of nitrogens with one attached hydrogen (secondary N) is 1. The number of benzene rings is 1. The number of aromatic amines is 1. The molecule has 1 aliphatic rings. The largest absolute Gasteiger partial charge is 0.464 e. The number of hydrogen-bond acceptors (Lipinski definition) is 3. The molecule has 0 atom stereocenters. The minimum Gasteiger partial charge on any atom is -0.464 e. The Bertz CT molecular complexity index is 597. The lowest BCUT2D eigenvalue weighted by Crippen LogP contribution is -2.04. The lowest BCUT2D eigenvalue weighted by atomic mass is 10.0. The van der Waals surface area contributed by atoms with Gasteiger partial charge in [-0.15, -0.1) is 0 Å². The van der Waals surface area contributed by atoms with Crippen LogP contribution < -0.4 is 5.73 Å². The minimum atomic E-state index is -0.317. The van der Waals surface area contributed by atoms with Crippen molar-refractivity contribution in [3.63, 3.8) is 0 Å². The number of hydrogen-bond donors (Lipinski definition) is 2. The average Bonchev–Trinajstić information content (AvgIpc) is 3.09. The fourth-order valence-corrected chi connectivity index (χ4v) is 2.35. The predicted molar refractivity (Wildman–Crippen MR) is 66.0 cm³/mol. The Morgan fingerprint density at radius 1 is 1.47 bits per heavy atom. The van der Waals surface area contributed by atoms with E-state index in [4.69, 9.17) is 10.5 Å². The number of esters is 1. The van der Waals surface area contributed by atoms with Crippen molar-refractivity contribution in [2.24, 2.45) is 0 Å². The van der Waals surface area contributed by atoms with Gasteiger partial charge < -0.3 is 15.5 Å². The summed E-state index contributed by atoms with van der Waals surface area (Å²) in [5.74, 6) is 0.130. The number of methoxy groups -OCH3 is 1. The molecule has 0 aliphatic heterocycles. The van der Waals surface area contributed by atoms with Crippen LogP contribution in [0.4, 0.5) is 5.69 Å². The second-order valence-corrected chi connectivity index (χ2v) is 4.45. The van der Waals surface area contributed by atoms with Gasteiger partial charge in [0.25, 0.3) is 0 Å². The third-order valence-corrected chi connectivity index (χ3v) is 3.27. The summed E-state index contributed by atoms with van der Waals surface area (Å²) in [6, 6.07) is 5.68. The number of rotatable bonds is 2. The Hall–Kier alpha value is -1.97. The van der Waals surface area contributed by atoms with Gasteiger partial charge in [-0.1, -0.05) is 6.07 Å². The molecule has 1 heterocycles. The number of anilines is 1. The van der Waals surface area contributed by atoms with Crippen LogP contribution in [0.3, 0.4) is 0 Å². The summed E-state index contributed by atoms with van der Waals surface area (Å²) in [4.78, 5) is 14.9. The van der Waals surface area contributed by atoms with E-state index in [1.165, 1.54) is 7.11 Å². The van der Waals surface area contributed by atoms with Crippen LogP contribution in [0.2, 0.25) is 0 Å². The van der Waals surface area contributed by atoms with Crippen LogP contribution in [-0.4, -0.2) is 18.1 Å². The average molecular weight is 230 g/mol. The fraction of sp³-hybridized carbons (Fsp3) is 0.308. The zero-order valence-corrected chi connectivity index (χ0v) is 9.62. The molecule has 0 radical (unpaired) electrons. The van der Waals surface area contributed by atoms with Crippen molar-refractivity contribution < 1.29 is 9.53 Å². The molecule has 0 unspecified atom stereocenters. The van der Waals surface area contributed by atoms with Crippen LogP contribution in [0, 0.1) is 0 Å². The zero-order valence-electron chi connectivity index (χ0n) is 9.62. The second-order valence-electron chi connectivity index (χ2n) is 4.45. The van der Waals surface area contributed by atoms with Gasteiger partial charge in [0.2, 0.25) is 0 Å². The summed E-state index contributed by atoms with van der Waals surface area (Å²) in [6.07, 6.45) is 2.23. The summed E-state index contributed by atoms with van der Waals surface area (Å²) >= 11 is 0. The highest BCUT2D eigenvalue weighted by Gasteiger charge is 2.32.